The molecule has 0 unspecified atom stereocenters. The van der Waals surface area contributed by atoms with Gasteiger partial charge in [-0.3, -0.25) is 9.59 Å². The fourth-order valence-corrected chi connectivity index (χ4v) is 5.85. The van der Waals surface area contributed by atoms with Gasteiger partial charge in [0, 0.05) is 24.5 Å². The van der Waals surface area contributed by atoms with Crippen molar-refractivity contribution in [3.05, 3.63) is 50.7 Å². The van der Waals surface area contributed by atoms with E-state index < -0.39 is 11.6 Å². The quantitative estimate of drug-likeness (QED) is 0.572. The summed E-state index contributed by atoms with van der Waals surface area (Å²) in [6.07, 6.45) is 1.89. The van der Waals surface area contributed by atoms with Gasteiger partial charge in [0.2, 0.25) is 0 Å². The molecule has 5 rings (SSSR count). The monoisotopic (exact) mass is 432 g/mol. The zero-order valence-corrected chi connectivity index (χ0v) is 16.6. The lowest BCUT2D eigenvalue weighted by Crippen LogP contribution is -1.98. The fourth-order valence-electron chi connectivity index (χ4n) is 3.66. The maximum atomic E-state index is 14.2. The average molecular weight is 432 g/mol. The van der Waals surface area contributed by atoms with Crippen LogP contribution < -0.4 is 15.8 Å². The second-order valence-electron chi connectivity index (χ2n) is 6.87. The molecule has 5 nitrogen and oxygen atoms in total. The van der Waals surface area contributed by atoms with Gasteiger partial charge in [0.1, 0.15) is 15.8 Å². The number of thiophene rings is 2. The molecule has 2 aromatic heterocycles. The average Bonchev–Trinajstić information content (AvgIpc) is 3.39. The maximum Gasteiger partial charge on any atom is 0.173 e. The highest BCUT2D eigenvalue weighted by Crippen LogP contribution is 2.50. The number of nitrogens with one attached hydrogen (secondary N) is 1. The number of benzene rings is 1. The van der Waals surface area contributed by atoms with Crippen LogP contribution in [0.2, 0.25) is 0 Å². The lowest BCUT2D eigenvalue weighted by Gasteiger charge is -2.12. The SMILES string of the molecule is Nc1sc2c(c1Nc1sc3c(c1Oc1ccc(F)cc1F)CCC3=O)CCC2=O. The largest absolute Gasteiger partial charge is 0.451 e. The van der Waals surface area contributed by atoms with Gasteiger partial charge in [-0.2, -0.15) is 0 Å². The van der Waals surface area contributed by atoms with Crippen LogP contribution in [0, 0.1) is 11.6 Å². The highest BCUT2D eigenvalue weighted by Gasteiger charge is 2.32. The van der Waals surface area contributed by atoms with Gasteiger partial charge in [0.25, 0.3) is 0 Å². The molecule has 2 heterocycles. The Labute approximate surface area is 172 Å². The number of nitrogen functional groups attached to an aromatic ring is 1. The van der Waals surface area contributed by atoms with Crippen LogP contribution in [-0.2, 0) is 12.8 Å². The van der Waals surface area contributed by atoms with Crippen molar-refractivity contribution in [2.45, 2.75) is 25.7 Å². The summed E-state index contributed by atoms with van der Waals surface area (Å²) in [7, 11) is 0. The van der Waals surface area contributed by atoms with Crippen molar-refractivity contribution in [3.8, 4) is 11.5 Å². The molecule has 3 N–H and O–H groups in total. The molecule has 0 bridgehead atoms. The molecule has 0 fully saturated rings. The normalized spacial score (nSPS) is 15.0. The summed E-state index contributed by atoms with van der Waals surface area (Å²) in [6.45, 7) is 0. The zero-order chi connectivity index (χ0) is 20.3. The number of anilines is 3. The lowest BCUT2D eigenvalue weighted by atomic mass is 10.2. The third-order valence-electron chi connectivity index (χ3n) is 5.05. The number of halogens is 2. The van der Waals surface area contributed by atoms with E-state index in [0.717, 1.165) is 17.7 Å². The summed E-state index contributed by atoms with van der Waals surface area (Å²) < 4.78 is 33.2. The van der Waals surface area contributed by atoms with Crippen LogP contribution in [0.4, 0.5) is 24.5 Å². The van der Waals surface area contributed by atoms with Gasteiger partial charge in [-0.1, -0.05) is 0 Å². The smallest absolute Gasteiger partial charge is 0.173 e. The number of rotatable bonds is 4. The third kappa shape index (κ3) is 2.92. The predicted molar refractivity (Wildman–Crippen MR) is 108 cm³/mol. The van der Waals surface area contributed by atoms with Crippen LogP contribution in [-0.4, -0.2) is 11.6 Å². The van der Waals surface area contributed by atoms with E-state index in [1.807, 2.05) is 0 Å². The topological polar surface area (TPSA) is 81.4 Å². The number of ether oxygens (including phenoxy) is 1. The number of ketones is 2. The molecule has 0 radical (unpaired) electrons. The Kier molecular flexibility index (Phi) is 4.18. The first-order valence-electron chi connectivity index (χ1n) is 8.95. The van der Waals surface area contributed by atoms with Crippen molar-refractivity contribution >= 4 is 49.9 Å². The molecule has 0 aliphatic heterocycles. The molecule has 3 aromatic rings. The molecule has 0 saturated heterocycles. The fraction of sp³-hybridized carbons (Fsp3) is 0.200. The van der Waals surface area contributed by atoms with E-state index in [2.05, 4.69) is 5.32 Å². The van der Waals surface area contributed by atoms with Crippen molar-refractivity contribution in [3.63, 3.8) is 0 Å². The number of hydrogen-bond acceptors (Lipinski definition) is 7. The molecule has 0 spiro atoms. The van der Waals surface area contributed by atoms with Crippen LogP contribution in [0.5, 0.6) is 11.5 Å². The van der Waals surface area contributed by atoms with Gasteiger partial charge in [0.15, 0.2) is 28.9 Å². The van der Waals surface area contributed by atoms with Crippen molar-refractivity contribution in [2.24, 2.45) is 0 Å². The van der Waals surface area contributed by atoms with E-state index in [0.29, 0.717) is 62.4 Å². The number of nitrogens with two attached hydrogens (primary N) is 1. The predicted octanol–water partition coefficient (Wildman–Crippen LogP) is 5.46. The van der Waals surface area contributed by atoms with Crippen molar-refractivity contribution in [2.75, 3.05) is 11.1 Å². The molecule has 0 amide bonds. The van der Waals surface area contributed by atoms with Gasteiger partial charge in [-0.05, 0) is 30.5 Å². The third-order valence-corrected chi connectivity index (χ3v) is 7.32. The molecule has 1 aromatic carbocycles. The first-order chi connectivity index (χ1) is 13.9. The summed E-state index contributed by atoms with van der Waals surface area (Å²) in [5.74, 6) is -1.26. The highest BCUT2D eigenvalue weighted by atomic mass is 32.1. The van der Waals surface area contributed by atoms with E-state index in [9.17, 15) is 18.4 Å². The molecular formula is C20H14F2N2O3S2. The number of Topliss-reactive ketones (excluding diaryl/α,β-unsaturated/α-hetero) is 2. The van der Waals surface area contributed by atoms with Crippen LogP contribution in [0.3, 0.4) is 0 Å². The number of carbonyl (C=O) groups excluding carboxylic acids is 2. The highest BCUT2D eigenvalue weighted by molar-refractivity contribution is 7.20. The van der Waals surface area contributed by atoms with Crippen LogP contribution in [0.15, 0.2) is 18.2 Å². The number of hydrogen-bond donors (Lipinski definition) is 2. The van der Waals surface area contributed by atoms with Gasteiger partial charge >= 0.3 is 0 Å². The van der Waals surface area contributed by atoms with Gasteiger partial charge < -0.3 is 15.8 Å². The van der Waals surface area contributed by atoms with Gasteiger partial charge in [-0.15, -0.1) is 22.7 Å². The summed E-state index contributed by atoms with van der Waals surface area (Å²) in [4.78, 5) is 25.4. The number of carbonyl (C=O) groups is 2. The Morgan fingerprint density at radius 1 is 0.966 bits per heavy atom. The molecular weight excluding hydrogens is 418 g/mol. The first-order valence-corrected chi connectivity index (χ1v) is 10.6. The lowest BCUT2D eigenvalue weighted by molar-refractivity contribution is 0.0989. The molecule has 148 valence electrons. The Morgan fingerprint density at radius 3 is 2.38 bits per heavy atom. The van der Waals surface area contributed by atoms with Crippen LogP contribution in [0.1, 0.15) is 43.3 Å². The van der Waals surface area contributed by atoms with Gasteiger partial charge in [0.05, 0.1) is 15.4 Å². The molecule has 29 heavy (non-hydrogen) atoms. The zero-order valence-electron chi connectivity index (χ0n) is 14.9. The second kappa shape index (κ2) is 6.64. The van der Waals surface area contributed by atoms with Gasteiger partial charge in [-0.25, -0.2) is 8.78 Å². The Bertz CT molecular complexity index is 1200. The summed E-state index contributed by atoms with van der Waals surface area (Å²) >= 11 is 2.46. The molecule has 9 heteroatoms. The van der Waals surface area contributed by atoms with Crippen LogP contribution in [0.25, 0.3) is 0 Å². The molecule has 2 aliphatic carbocycles. The Morgan fingerprint density at radius 2 is 1.66 bits per heavy atom. The number of fused-ring (bicyclic) bond motifs is 2. The van der Waals surface area contributed by atoms with Crippen molar-refractivity contribution in [1.29, 1.82) is 0 Å². The Balaban J connectivity index is 1.57. The minimum Gasteiger partial charge on any atom is -0.451 e. The molecule has 0 atom stereocenters. The summed E-state index contributed by atoms with van der Waals surface area (Å²) in [5, 5.41) is 4.21. The van der Waals surface area contributed by atoms with Crippen LogP contribution >= 0.6 is 22.7 Å². The standard InChI is InChI=1S/C20H14F2N2O3S2/c21-8-1-6-14(11(22)7-8)27-16-10-3-5-13(26)18(10)29-20(16)24-15-9-2-4-12(25)17(9)28-19(15)23/h1,6-7,24H,2-5,23H2. The van der Waals surface area contributed by atoms with E-state index in [1.54, 1.807) is 0 Å². The minimum absolute atomic E-state index is 0.00109. The van der Waals surface area contributed by atoms with E-state index in [-0.39, 0.29) is 17.3 Å². The van der Waals surface area contributed by atoms with E-state index in [4.69, 9.17) is 10.5 Å². The first kappa shape index (κ1) is 18.3. The summed E-state index contributed by atoms with van der Waals surface area (Å²) in [6, 6.07) is 3.07. The van der Waals surface area contributed by atoms with Crippen molar-refractivity contribution < 1.29 is 23.1 Å². The Hall–Kier alpha value is -2.78. The molecule has 2 aliphatic rings. The minimum atomic E-state index is -0.832. The summed E-state index contributed by atoms with van der Waals surface area (Å²) in [5.41, 5.74) is 8.31. The van der Waals surface area contributed by atoms with Crippen molar-refractivity contribution in [1.82, 2.24) is 0 Å². The molecule has 0 saturated carbocycles. The maximum absolute atomic E-state index is 14.2. The van der Waals surface area contributed by atoms with E-state index >= 15 is 0 Å². The van der Waals surface area contributed by atoms with E-state index in [1.165, 1.54) is 28.7 Å². The second-order valence-corrected chi connectivity index (χ2v) is 8.94.